The number of hydrogen-bond acceptors (Lipinski definition) is 0. The van der Waals surface area contributed by atoms with E-state index in [2.05, 4.69) is 12.2 Å². The molecule has 0 aromatic heterocycles. The molecule has 10 heavy (non-hydrogen) atoms. The van der Waals surface area contributed by atoms with Crippen molar-refractivity contribution in [1.82, 2.24) is 0 Å². The Morgan fingerprint density at radius 1 is 0.800 bits per heavy atom. The Kier molecular flexibility index (Phi) is 1.54. The zero-order valence-corrected chi connectivity index (χ0v) is 6.89. The SMILES string of the molecule is Cl[C@@H]1C=CC2C=C[C@@H](Cl)C21. The lowest BCUT2D eigenvalue weighted by atomic mass is 9.99. The van der Waals surface area contributed by atoms with Crippen LogP contribution in [-0.4, -0.2) is 10.8 Å². The summed E-state index contributed by atoms with van der Waals surface area (Å²) in [5, 5.41) is 0.282. The van der Waals surface area contributed by atoms with Gasteiger partial charge in [-0.1, -0.05) is 24.3 Å². The van der Waals surface area contributed by atoms with Gasteiger partial charge in [0.05, 0.1) is 10.8 Å². The van der Waals surface area contributed by atoms with Crippen molar-refractivity contribution in [2.45, 2.75) is 10.8 Å². The number of rotatable bonds is 0. The zero-order valence-electron chi connectivity index (χ0n) is 5.37. The van der Waals surface area contributed by atoms with Gasteiger partial charge in [0.25, 0.3) is 0 Å². The molecule has 0 heterocycles. The molecule has 0 spiro atoms. The average molecular weight is 175 g/mol. The molecule has 0 saturated carbocycles. The second-order valence-electron chi connectivity index (χ2n) is 2.81. The number of alkyl halides is 2. The summed E-state index contributed by atoms with van der Waals surface area (Å²) >= 11 is 12.0. The first-order chi connectivity index (χ1) is 4.79. The van der Waals surface area contributed by atoms with Crippen LogP contribution in [0.25, 0.3) is 0 Å². The monoisotopic (exact) mass is 174 g/mol. The summed E-state index contributed by atoms with van der Waals surface area (Å²) in [6.45, 7) is 0. The largest absolute Gasteiger partial charge is 0.118 e. The van der Waals surface area contributed by atoms with Gasteiger partial charge in [-0.2, -0.15) is 0 Å². The van der Waals surface area contributed by atoms with Gasteiger partial charge in [0, 0.05) is 11.8 Å². The predicted octanol–water partition coefficient (Wildman–Crippen LogP) is 2.57. The molecule has 0 unspecified atom stereocenters. The van der Waals surface area contributed by atoms with E-state index in [0.29, 0.717) is 11.8 Å². The third-order valence-electron chi connectivity index (χ3n) is 2.21. The Morgan fingerprint density at radius 2 is 1.30 bits per heavy atom. The topological polar surface area (TPSA) is 0 Å². The highest BCUT2D eigenvalue weighted by Crippen LogP contribution is 2.40. The van der Waals surface area contributed by atoms with Crippen LogP contribution in [0.15, 0.2) is 24.3 Å². The van der Waals surface area contributed by atoms with Crippen LogP contribution in [0.1, 0.15) is 0 Å². The minimum absolute atomic E-state index is 0.141. The fourth-order valence-electron chi connectivity index (χ4n) is 1.65. The van der Waals surface area contributed by atoms with Crippen molar-refractivity contribution in [2.75, 3.05) is 0 Å². The van der Waals surface area contributed by atoms with Gasteiger partial charge in [-0.25, -0.2) is 0 Å². The van der Waals surface area contributed by atoms with Gasteiger partial charge >= 0.3 is 0 Å². The third kappa shape index (κ3) is 0.826. The highest BCUT2D eigenvalue weighted by atomic mass is 35.5. The number of hydrogen-bond donors (Lipinski definition) is 0. The van der Waals surface area contributed by atoms with E-state index in [-0.39, 0.29) is 10.8 Å². The minimum Gasteiger partial charge on any atom is -0.118 e. The normalized spacial score (nSPS) is 50.2. The molecule has 2 heteroatoms. The molecule has 0 saturated heterocycles. The zero-order chi connectivity index (χ0) is 7.14. The molecule has 0 fully saturated rings. The summed E-state index contributed by atoms with van der Waals surface area (Å²) in [5.74, 6) is 0.924. The average Bonchev–Trinajstić information content (AvgIpc) is 2.40. The molecule has 0 aromatic carbocycles. The molecule has 54 valence electrons. The van der Waals surface area contributed by atoms with Crippen LogP contribution in [0.5, 0.6) is 0 Å². The maximum Gasteiger partial charge on any atom is 0.0570 e. The van der Waals surface area contributed by atoms with Gasteiger partial charge in [-0.15, -0.1) is 23.2 Å². The van der Waals surface area contributed by atoms with E-state index in [1.807, 2.05) is 12.2 Å². The van der Waals surface area contributed by atoms with Gasteiger partial charge in [0.15, 0.2) is 0 Å². The second-order valence-corrected chi connectivity index (χ2v) is 3.82. The van der Waals surface area contributed by atoms with Crippen molar-refractivity contribution >= 4 is 23.2 Å². The highest BCUT2D eigenvalue weighted by molar-refractivity contribution is 6.25. The van der Waals surface area contributed by atoms with E-state index in [9.17, 15) is 0 Å². The molecule has 0 N–H and O–H groups in total. The molecule has 0 nitrogen and oxygen atoms in total. The van der Waals surface area contributed by atoms with Crippen molar-refractivity contribution in [2.24, 2.45) is 11.8 Å². The van der Waals surface area contributed by atoms with E-state index < -0.39 is 0 Å². The maximum absolute atomic E-state index is 6.00. The summed E-state index contributed by atoms with van der Waals surface area (Å²) in [5.41, 5.74) is 0. The smallest absolute Gasteiger partial charge is 0.0570 e. The predicted molar refractivity (Wildman–Crippen MR) is 44.5 cm³/mol. The van der Waals surface area contributed by atoms with Gasteiger partial charge < -0.3 is 0 Å². The summed E-state index contributed by atoms with van der Waals surface area (Å²) in [7, 11) is 0. The van der Waals surface area contributed by atoms with Crippen LogP contribution in [0.3, 0.4) is 0 Å². The molecule has 0 amide bonds. The third-order valence-corrected chi connectivity index (χ3v) is 3.09. The van der Waals surface area contributed by atoms with E-state index in [4.69, 9.17) is 23.2 Å². The van der Waals surface area contributed by atoms with Crippen LogP contribution in [0, 0.1) is 11.8 Å². The van der Waals surface area contributed by atoms with Gasteiger partial charge in [0.2, 0.25) is 0 Å². The molecule has 2 atom stereocenters. The number of allylic oxidation sites excluding steroid dienone is 4. The number of halogens is 2. The van der Waals surface area contributed by atoms with Crippen molar-refractivity contribution in [3.63, 3.8) is 0 Å². The first-order valence-corrected chi connectivity index (χ1v) is 4.31. The van der Waals surface area contributed by atoms with Crippen LogP contribution < -0.4 is 0 Å². The molecule has 0 aliphatic heterocycles. The second kappa shape index (κ2) is 2.28. The Morgan fingerprint density at radius 3 is 1.70 bits per heavy atom. The Hall–Kier alpha value is 0.0600. The van der Waals surface area contributed by atoms with E-state index >= 15 is 0 Å². The molecule has 0 aromatic rings. The molecule has 2 aliphatic carbocycles. The van der Waals surface area contributed by atoms with Crippen molar-refractivity contribution < 1.29 is 0 Å². The molecule has 0 bridgehead atoms. The quantitative estimate of drug-likeness (QED) is 0.392. The molecule has 2 aliphatic rings. The van der Waals surface area contributed by atoms with Crippen molar-refractivity contribution in [1.29, 1.82) is 0 Å². The van der Waals surface area contributed by atoms with Crippen LogP contribution in [-0.2, 0) is 0 Å². The Bertz CT molecular complexity index is 175. The first kappa shape index (κ1) is 6.75. The molecule has 2 rings (SSSR count). The van der Waals surface area contributed by atoms with Crippen molar-refractivity contribution in [3.8, 4) is 0 Å². The van der Waals surface area contributed by atoms with Crippen LogP contribution in [0.2, 0.25) is 0 Å². The van der Waals surface area contributed by atoms with Gasteiger partial charge in [0.1, 0.15) is 0 Å². The summed E-state index contributed by atoms with van der Waals surface area (Å²) in [6.07, 6.45) is 8.36. The number of fused-ring (bicyclic) bond motifs is 1. The molecular weight excluding hydrogens is 167 g/mol. The minimum atomic E-state index is 0.141. The fraction of sp³-hybridized carbons (Fsp3) is 0.500. The summed E-state index contributed by atoms with van der Waals surface area (Å²) in [4.78, 5) is 0. The summed E-state index contributed by atoms with van der Waals surface area (Å²) < 4.78 is 0. The standard InChI is InChI=1S/C8H8Cl2/c9-6-3-1-5-2-4-7(10)8(5)6/h1-8H/t5?,6-,7-,8?/m1/s1. The van der Waals surface area contributed by atoms with Gasteiger partial charge in [-0.3, -0.25) is 0 Å². The summed E-state index contributed by atoms with van der Waals surface area (Å²) in [6, 6.07) is 0. The van der Waals surface area contributed by atoms with Crippen molar-refractivity contribution in [3.05, 3.63) is 24.3 Å². The van der Waals surface area contributed by atoms with Crippen LogP contribution >= 0.6 is 23.2 Å². The van der Waals surface area contributed by atoms with E-state index in [1.54, 1.807) is 0 Å². The Labute approximate surface area is 70.5 Å². The molecular formula is C8H8Cl2. The van der Waals surface area contributed by atoms with Gasteiger partial charge in [-0.05, 0) is 0 Å². The lowest BCUT2D eigenvalue weighted by Crippen LogP contribution is -2.19. The molecule has 0 radical (unpaired) electrons. The lowest BCUT2D eigenvalue weighted by molar-refractivity contribution is 0.537. The lowest BCUT2D eigenvalue weighted by Gasteiger charge is -2.15. The van der Waals surface area contributed by atoms with Crippen LogP contribution in [0.4, 0.5) is 0 Å². The Balaban J connectivity index is 2.24. The fourth-order valence-corrected chi connectivity index (χ4v) is 2.54. The van der Waals surface area contributed by atoms with E-state index in [1.165, 1.54) is 0 Å². The van der Waals surface area contributed by atoms with E-state index in [0.717, 1.165) is 0 Å². The maximum atomic E-state index is 6.00. The highest BCUT2D eigenvalue weighted by Gasteiger charge is 2.36. The first-order valence-electron chi connectivity index (χ1n) is 3.44.